The number of nitrogens with one attached hydrogen (secondary N) is 1. The Bertz CT molecular complexity index is 487. The molecule has 1 fully saturated rings. The molecule has 120 valence electrons. The minimum atomic E-state index is -0.316. The van der Waals surface area contributed by atoms with Crippen LogP contribution in [0, 0.1) is 5.92 Å². The molecule has 1 aromatic carbocycles. The molecule has 0 radical (unpaired) electrons. The SMILES string of the molecule is O=C(NCCCl)C1CCN(C(=O)OCc2ccccc2)CC1. The fourth-order valence-electron chi connectivity index (χ4n) is 2.45. The molecule has 22 heavy (non-hydrogen) atoms. The van der Waals surface area contributed by atoms with E-state index in [0.717, 1.165) is 5.56 Å². The lowest BCUT2D eigenvalue weighted by Crippen LogP contribution is -2.43. The Morgan fingerprint density at radius 3 is 2.55 bits per heavy atom. The van der Waals surface area contributed by atoms with Gasteiger partial charge in [0.15, 0.2) is 0 Å². The molecule has 2 rings (SSSR count). The Labute approximate surface area is 135 Å². The number of hydrogen-bond acceptors (Lipinski definition) is 3. The van der Waals surface area contributed by atoms with E-state index in [4.69, 9.17) is 16.3 Å². The van der Waals surface area contributed by atoms with Gasteiger partial charge in [0, 0.05) is 31.4 Å². The van der Waals surface area contributed by atoms with E-state index >= 15 is 0 Å². The largest absolute Gasteiger partial charge is 0.445 e. The average Bonchev–Trinajstić information content (AvgIpc) is 2.58. The third kappa shape index (κ3) is 4.91. The zero-order valence-corrected chi connectivity index (χ0v) is 13.2. The predicted molar refractivity (Wildman–Crippen MR) is 84.7 cm³/mol. The summed E-state index contributed by atoms with van der Waals surface area (Å²) in [5.41, 5.74) is 0.964. The summed E-state index contributed by atoms with van der Waals surface area (Å²) in [6, 6.07) is 9.58. The predicted octanol–water partition coefficient (Wildman–Crippen LogP) is 2.39. The summed E-state index contributed by atoms with van der Waals surface area (Å²) in [7, 11) is 0. The molecule has 0 saturated carbocycles. The van der Waals surface area contributed by atoms with Crippen molar-refractivity contribution in [1.82, 2.24) is 10.2 Å². The highest BCUT2D eigenvalue weighted by atomic mass is 35.5. The maximum Gasteiger partial charge on any atom is 0.410 e. The second-order valence-electron chi connectivity index (χ2n) is 5.28. The van der Waals surface area contributed by atoms with Crippen LogP contribution < -0.4 is 5.32 Å². The van der Waals surface area contributed by atoms with E-state index in [9.17, 15) is 9.59 Å². The quantitative estimate of drug-likeness (QED) is 0.846. The average molecular weight is 325 g/mol. The van der Waals surface area contributed by atoms with Crippen molar-refractivity contribution in [3.8, 4) is 0 Å². The minimum absolute atomic E-state index is 0.0259. The molecule has 5 nitrogen and oxygen atoms in total. The van der Waals surface area contributed by atoms with Crippen LogP contribution in [0.5, 0.6) is 0 Å². The van der Waals surface area contributed by atoms with Crippen LogP contribution in [0.4, 0.5) is 4.79 Å². The molecule has 0 aliphatic carbocycles. The number of halogens is 1. The fraction of sp³-hybridized carbons (Fsp3) is 0.500. The Morgan fingerprint density at radius 2 is 1.91 bits per heavy atom. The van der Waals surface area contributed by atoms with E-state index in [1.807, 2.05) is 30.3 Å². The van der Waals surface area contributed by atoms with Gasteiger partial charge >= 0.3 is 6.09 Å². The summed E-state index contributed by atoms with van der Waals surface area (Å²) >= 11 is 5.55. The highest BCUT2D eigenvalue weighted by molar-refractivity contribution is 6.18. The molecule has 1 saturated heterocycles. The van der Waals surface area contributed by atoms with Crippen molar-refractivity contribution >= 4 is 23.6 Å². The van der Waals surface area contributed by atoms with E-state index in [1.54, 1.807) is 4.90 Å². The molecule has 0 bridgehead atoms. The van der Waals surface area contributed by atoms with E-state index in [1.165, 1.54) is 0 Å². The Balaban J connectivity index is 1.72. The molecule has 1 aromatic rings. The highest BCUT2D eigenvalue weighted by Crippen LogP contribution is 2.18. The van der Waals surface area contributed by atoms with Gasteiger partial charge in [-0.05, 0) is 18.4 Å². The number of benzene rings is 1. The van der Waals surface area contributed by atoms with Crippen molar-refractivity contribution in [3.05, 3.63) is 35.9 Å². The molecule has 1 N–H and O–H groups in total. The van der Waals surface area contributed by atoms with Crippen LogP contribution in [0.15, 0.2) is 30.3 Å². The molecule has 2 amide bonds. The summed E-state index contributed by atoms with van der Waals surface area (Å²) in [5.74, 6) is 0.399. The minimum Gasteiger partial charge on any atom is -0.445 e. The van der Waals surface area contributed by atoms with Gasteiger partial charge in [-0.3, -0.25) is 4.79 Å². The number of likely N-dealkylation sites (tertiary alicyclic amines) is 1. The van der Waals surface area contributed by atoms with Crippen LogP contribution >= 0.6 is 11.6 Å². The van der Waals surface area contributed by atoms with Gasteiger partial charge in [0.1, 0.15) is 6.61 Å². The normalized spacial score (nSPS) is 15.4. The summed E-state index contributed by atoms with van der Waals surface area (Å²) in [5, 5.41) is 2.79. The first-order valence-corrected chi connectivity index (χ1v) is 8.03. The number of rotatable bonds is 5. The highest BCUT2D eigenvalue weighted by Gasteiger charge is 2.27. The maximum absolute atomic E-state index is 12.0. The molecule has 6 heteroatoms. The molecule has 1 heterocycles. The molecule has 1 aliphatic heterocycles. The first-order valence-electron chi connectivity index (χ1n) is 7.50. The van der Waals surface area contributed by atoms with Crippen LogP contribution in [0.1, 0.15) is 18.4 Å². The fourth-order valence-corrected chi connectivity index (χ4v) is 2.54. The third-order valence-electron chi connectivity index (χ3n) is 3.72. The number of nitrogens with zero attached hydrogens (tertiary/aromatic N) is 1. The molecular weight excluding hydrogens is 304 g/mol. The van der Waals surface area contributed by atoms with Crippen molar-refractivity contribution < 1.29 is 14.3 Å². The van der Waals surface area contributed by atoms with Gasteiger partial charge in [-0.2, -0.15) is 0 Å². The zero-order valence-electron chi connectivity index (χ0n) is 12.5. The topological polar surface area (TPSA) is 58.6 Å². The summed E-state index contributed by atoms with van der Waals surface area (Å²) < 4.78 is 5.30. The Kier molecular flexibility index (Phi) is 6.52. The summed E-state index contributed by atoms with van der Waals surface area (Å²) in [4.78, 5) is 25.5. The Morgan fingerprint density at radius 1 is 1.23 bits per heavy atom. The second kappa shape index (κ2) is 8.63. The molecule has 0 atom stereocenters. The summed E-state index contributed by atoms with van der Waals surface area (Å²) in [6.07, 6.45) is 1.01. The lowest BCUT2D eigenvalue weighted by Gasteiger charge is -2.30. The van der Waals surface area contributed by atoms with Crippen molar-refractivity contribution in [3.63, 3.8) is 0 Å². The number of piperidine rings is 1. The molecule has 0 aromatic heterocycles. The first kappa shape index (κ1) is 16.6. The number of hydrogen-bond donors (Lipinski definition) is 1. The van der Waals surface area contributed by atoms with E-state index in [-0.39, 0.29) is 24.5 Å². The van der Waals surface area contributed by atoms with Crippen LogP contribution in [-0.4, -0.2) is 42.4 Å². The van der Waals surface area contributed by atoms with Crippen LogP contribution in [-0.2, 0) is 16.1 Å². The van der Waals surface area contributed by atoms with E-state index in [2.05, 4.69) is 5.32 Å². The number of ether oxygens (including phenoxy) is 1. The molecule has 0 unspecified atom stereocenters. The van der Waals surface area contributed by atoms with Gasteiger partial charge < -0.3 is 15.0 Å². The number of carbonyl (C=O) groups excluding carboxylic acids is 2. The van der Waals surface area contributed by atoms with Gasteiger partial charge in [0.2, 0.25) is 5.91 Å². The molecular formula is C16H21ClN2O3. The van der Waals surface area contributed by atoms with Crippen molar-refractivity contribution in [1.29, 1.82) is 0 Å². The van der Waals surface area contributed by atoms with E-state index in [0.29, 0.717) is 38.4 Å². The third-order valence-corrected chi connectivity index (χ3v) is 3.91. The van der Waals surface area contributed by atoms with Crippen molar-refractivity contribution in [2.75, 3.05) is 25.5 Å². The molecule has 0 spiro atoms. The second-order valence-corrected chi connectivity index (χ2v) is 5.66. The van der Waals surface area contributed by atoms with E-state index < -0.39 is 0 Å². The Hall–Kier alpha value is -1.75. The first-order chi connectivity index (χ1) is 10.7. The molecule has 1 aliphatic rings. The maximum atomic E-state index is 12.0. The van der Waals surface area contributed by atoms with Crippen LogP contribution in [0.25, 0.3) is 0 Å². The van der Waals surface area contributed by atoms with Gasteiger partial charge in [0.05, 0.1) is 0 Å². The van der Waals surface area contributed by atoms with Gasteiger partial charge in [0.25, 0.3) is 0 Å². The van der Waals surface area contributed by atoms with Crippen molar-refractivity contribution in [2.24, 2.45) is 5.92 Å². The van der Waals surface area contributed by atoms with Gasteiger partial charge in [-0.25, -0.2) is 4.79 Å². The van der Waals surface area contributed by atoms with Crippen LogP contribution in [0.3, 0.4) is 0 Å². The number of carbonyl (C=O) groups is 2. The van der Waals surface area contributed by atoms with Gasteiger partial charge in [-0.1, -0.05) is 30.3 Å². The number of amides is 2. The standard InChI is InChI=1S/C16H21ClN2O3/c17-8-9-18-15(20)14-6-10-19(11-7-14)16(21)22-12-13-4-2-1-3-5-13/h1-5,14H,6-12H2,(H,18,20). The van der Waals surface area contributed by atoms with Gasteiger partial charge in [-0.15, -0.1) is 11.6 Å². The smallest absolute Gasteiger partial charge is 0.410 e. The monoisotopic (exact) mass is 324 g/mol. The van der Waals surface area contributed by atoms with Crippen molar-refractivity contribution in [2.45, 2.75) is 19.4 Å². The van der Waals surface area contributed by atoms with Crippen LogP contribution in [0.2, 0.25) is 0 Å². The zero-order chi connectivity index (χ0) is 15.8. The summed E-state index contributed by atoms with van der Waals surface area (Å²) in [6.45, 7) is 1.86. The lowest BCUT2D eigenvalue weighted by atomic mass is 9.96. The lowest BCUT2D eigenvalue weighted by molar-refractivity contribution is -0.126. The number of alkyl halides is 1.